The molecule has 0 atom stereocenters. The predicted molar refractivity (Wildman–Crippen MR) is 163 cm³/mol. The van der Waals surface area contributed by atoms with Crippen molar-refractivity contribution in [2.75, 3.05) is 19.8 Å². The minimum Gasteiger partial charge on any atom is -0.494 e. The molecule has 0 fully saturated rings. The Morgan fingerprint density at radius 2 is 1.12 bits per heavy atom. The van der Waals surface area contributed by atoms with Crippen molar-refractivity contribution >= 4 is 11.9 Å². The fourth-order valence-electron chi connectivity index (χ4n) is 4.00. The van der Waals surface area contributed by atoms with Gasteiger partial charge in [0.05, 0.1) is 25.4 Å². The number of unbranched alkanes of at least 4 members (excludes halogenated alkanes) is 6. The van der Waals surface area contributed by atoms with Crippen LogP contribution >= 0.6 is 0 Å². The Balaban J connectivity index is 1.31. The third-order valence-electron chi connectivity index (χ3n) is 6.44. The highest BCUT2D eigenvalue weighted by molar-refractivity contribution is 5.91. The number of rotatable bonds is 20. The summed E-state index contributed by atoms with van der Waals surface area (Å²) in [6.07, 6.45) is 9.54. The second kappa shape index (κ2) is 19.0. The lowest BCUT2D eigenvalue weighted by atomic mass is 10.2. The molecule has 224 valence electrons. The monoisotopic (exact) mass is 574 g/mol. The lowest BCUT2D eigenvalue weighted by Crippen LogP contribution is -2.08. The van der Waals surface area contributed by atoms with E-state index in [0.29, 0.717) is 37.7 Å². The van der Waals surface area contributed by atoms with Gasteiger partial charge in [0.15, 0.2) is 0 Å². The Bertz CT molecular complexity index is 1200. The fourth-order valence-corrected chi connectivity index (χ4v) is 4.00. The topological polar surface area (TPSA) is 80.3 Å². The summed E-state index contributed by atoms with van der Waals surface area (Å²) in [5.74, 6) is 1.96. The predicted octanol–water partition coefficient (Wildman–Crippen LogP) is 8.11. The van der Waals surface area contributed by atoms with E-state index in [2.05, 4.69) is 13.5 Å². The van der Waals surface area contributed by atoms with E-state index in [0.717, 1.165) is 61.3 Å². The van der Waals surface area contributed by atoms with Crippen LogP contribution in [0, 0.1) is 0 Å². The molecule has 0 aliphatic heterocycles. The number of esters is 2. The van der Waals surface area contributed by atoms with E-state index < -0.39 is 5.97 Å². The largest absolute Gasteiger partial charge is 0.494 e. The summed E-state index contributed by atoms with van der Waals surface area (Å²) in [4.78, 5) is 23.5. The highest BCUT2D eigenvalue weighted by atomic mass is 16.5. The molecule has 0 aromatic heterocycles. The molecule has 0 unspecified atom stereocenters. The lowest BCUT2D eigenvalue weighted by molar-refractivity contribution is -0.137. The van der Waals surface area contributed by atoms with Gasteiger partial charge in [-0.25, -0.2) is 9.59 Å². The molecule has 0 amide bonds. The summed E-state index contributed by atoms with van der Waals surface area (Å²) in [5.41, 5.74) is 1.42. The van der Waals surface area contributed by atoms with Crippen LogP contribution in [0.3, 0.4) is 0 Å². The van der Waals surface area contributed by atoms with Gasteiger partial charge < -0.3 is 23.7 Å². The van der Waals surface area contributed by atoms with E-state index >= 15 is 0 Å². The van der Waals surface area contributed by atoms with Crippen LogP contribution in [-0.2, 0) is 16.1 Å². The quantitative estimate of drug-likeness (QED) is 0.0583. The molecule has 3 aromatic rings. The van der Waals surface area contributed by atoms with E-state index in [1.165, 1.54) is 18.9 Å². The summed E-state index contributed by atoms with van der Waals surface area (Å²) in [6, 6.07) is 21.8. The van der Waals surface area contributed by atoms with Gasteiger partial charge in [0, 0.05) is 6.08 Å². The van der Waals surface area contributed by atoms with Gasteiger partial charge >= 0.3 is 11.9 Å². The molecule has 0 saturated carbocycles. The van der Waals surface area contributed by atoms with Gasteiger partial charge in [-0.2, -0.15) is 0 Å². The summed E-state index contributed by atoms with van der Waals surface area (Å²) < 4.78 is 27.9. The minimum atomic E-state index is -0.414. The first-order chi connectivity index (χ1) is 20.6. The summed E-state index contributed by atoms with van der Waals surface area (Å²) in [5, 5.41) is 0. The maximum Gasteiger partial charge on any atom is 0.343 e. The third-order valence-corrected chi connectivity index (χ3v) is 6.44. The van der Waals surface area contributed by atoms with Crippen LogP contribution in [0.2, 0.25) is 0 Å². The average Bonchev–Trinajstić information content (AvgIpc) is 3.02. The molecule has 0 spiro atoms. The van der Waals surface area contributed by atoms with Crippen molar-refractivity contribution in [3.63, 3.8) is 0 Å². The minimum absolute atomic E-state index is 0.376. The van der Waals surface area contributed by atoms with Crippen molar-refractivity contribution in [2.45, 2.75) is 64.9 Å². The molecule has 0 radical (unpaired) electrons. The molecule has 0 aliphatic carbocycles. The molecule has 0 N–H and O–H groups in total. The standard InChI is InChI=1S/C35H42O7/c1-3-5-6-9-24-38-30-18-14-29(15-19-30)35(37)42-33-16-12-28(13-17-33)27-41-32-22-20-31(21-23-32)39-25-10-7-8-11-26-40-34(36)4-2/h4,12-23H,2-3,5-11,24-27H2,1H3. The van der Waals surface area contributed by atoms with E-state index in [9.17, 15) is 9.59 Å². The first kappa shape index (κ1) is 32.3. The number of hydrogen-bond donors (Lipinski definition) is 0. The maximum atomic E-state index is 12.5. The zero-order chi connectivity index (χ0) is 29.8. The van der Waals surface area contributed by atoms with E-state index in [1.54, 1.807) is 36.4 Å². The van der Waals surface area contributed by atoms with Crippen LogP contribution in [-0.4, -0.2) is 31.8 Å². The lowest BCUT2D eigenvalue weighted by Gasteiger charge is -2.10. The number of carbonyl (C=O) groups excluding carboxylic acids is 2. The number of carbonyl (C=O) groups is 2. The molecule has 7 heteroatoms. The SMILES string of the molecule is C=CC(=O)OCCCCCCOc1ccc(OCc2ccc(OC(=O)c3ccc(OCCCCCC)cc3)cc2)cc1. The van der Waals surface area contributed by atoms with Crippen LogP contribution < -0.4 is 18.9 Å². The Kier molecular flexibility index (Phi) is 14.6. The highest BCUT2D eigenvalue weighted by Crippen LogP contribution is 2.21. The summed E-state index contributed by atoms with van der Waals surface area (Å²) >= 11 is 0. The van der Waals surface area contributed by atoms with Gasteiger partial charge in [-0.05, 0) is 98.3 Å². The number of benzene rings is 3. The van der Waals surface area contributed by atoms with Crippen molar-refractivity contribution in [1.82, 2.24) is 0 Å². The Labute approximate surface area is 249 Å². The van der Waals surface area contributed by atoms with Crippen LogP contribution in [0.5, 0.6) is 23.0 Å². The molecule has 3 aromatic carbocycles. The average molecular weight is 575 g/mol. The van der Waals surface area contributed by atoms with Crippen LogP contribution in [0.4, 0.5) is 0 Å². The molecule has 0 saturated heterocycles. The van der Waals surface area contributed by atoms with Gasteiger partial charge in [-0.3, -0.25) is 0 Å². The first-order valence-corrected chi connectivity index (χ1v) is 14.8. The maximum absolute atomic E-state index is 12.5. The zero-order valence-corrected chi connectivity index (χ0v) is 24.6. The summed E-state index contributed by atoms with van der Waals surface area (Å²) in [6.45, 7) is 7.68. The van der Waals surface area contributed by atoms with Gasteiger partial charge in [0.1, 0.15) is 29.6 Å². The van der Waals surface area contributed by atoms with Crippen molar-refractivity contribution in [3.05, 3.63) is 96.6 Å². The number of ether oxygens (including phenoxy) is 5. The van der Waals surface area contributed by atoms with E-state index in [-0.39, 0.29) is 5.97 Å². The molecule has 0 aliphatic rings. The molecule has 42 heavy (non-hydrogen) atoms. The van der Waals surface area contributed by atoms with Crippen molar-refractivity contribution < 1.29 is 33.3 Å². The fraction of sp³-hybridized carbons (Fsp3) is 0.371. The molecule has 0 bridgehead atoms. The van der Waals surface area contributed by atoms with Gasteiger partial charge in [-0.15, -0.1) is 0 Å². The third kappa shape index (κ3) is 12.5. The molecule has 0 heterocycles. The summed E-state index contributed by atoms with van der Waals surface area (Å²) in [7, 11) is 0. The molecule has 3 rings (SSSR count). The molecular formula is C35H42O7. The van der Waals surface area contributed by atoms with E-state index in [1.807, 2.05) is 36.4 Å². The van der Waals surface area contributed by atoms with Crippen LogP contribution in [0.1, 0.15) is 74.2 Å². The second-order valence-corrected chi connectivity index (χ2v) is 9.86. The van der Waals surface area contributed by atoms with Gasteiger partial charge in [-0.1, -0.05) is 44.9 Å². The Morgan fingerprint density at radius 1 is 0.619 bits per heavy atom. The Morgan fingerprint density at radius 3 is 1.69 bits per heavy atom. The van der Waals surface area contributed by atoms with Crippen LogP contribution in [0.25, 0.3) is 0 Å². The zero-order valence-electron chi connectivity index (χ0n) is 24.6. The van der Waals surface area contributed by atoms with Crippen molar-refractivity contribution in [1.29, 1.82) is 0 Å². The smallest absolute Gasteiger partial charge is 0.343 e. The second-order valence-electron chi connectivity index (χ2n) is 9.86. The van der Waals surface area contributed by atoms with Gasteiger partial charge in [0.2, 0.25) is 0 Å². The highest BCUT2D eigenvalue weighted by Gasteiger charge is 2.09. The van der Waals surface area contributed by atoms with E-state index in [4.69, 9.17) is 23.7 Å². The van der Waals surface area contributed by atoms with Gasteiger partial charge in [0.25, 0.3) is 0 Å². The van der Waals surface area contributed by atoms with Crippen LogP contribution in [0.15, 0.2) is 85.5 Å². The molecular weight excluding hydrogens is 532 g/mol. The number of hydrogen-bond acceptors (Lipinski definition) is 7. The first-order valence-electron chi connectivity index (χ1n) is 14.8. The molecule has 7 nitrogen and oxygen atoms in total. The van der Waals surface area contributed by atoms with Crippen molar-refractivity contribution in [3.8, 4) is 23.0 Å². The van der Waals surface area contributed by atoms with Crippen molar-refractivity contribution in [2.24, 2.45) is 0 Å². The Hall–Kier alpha value is -4.26. The normalized spacial score (nSPS) is 10.5.